The number of aryl methyl sites for hydroxylation is 1. The van der Waals surface area contributed by atoms with Crippen molar-refractivity contribution in [2.75, 3.05) is 28.6 Å². The van der Waals surface area contributed by atoms with E-state index >= 15 is 0 Å². The molecule has 0 unspecified atom stereocenters. The van der Waals surface area contributed by atoms with Gasteiger partial charge in [-0.05, 0) is 86.5 Å². The lowest BCUT2D eigenvalue weighted by atomic mass is 10.1. The molecule has 2 amide bonds. The molecule has 0 radical (unpaired) electrons. The number of anilines is 3. The number of hydrogen-bond acceptors (Lipinski definition) is 7. The minimum Gasteiger partial charge on any atom is -0.393 e. The number of nitrogens with one attached hydrogen (secondary N) is 2. The Morgan fingerprint density at radius 3 is 2.25 bits per heavy atom. The number of aliphatic hydroxyl groups excluding tert-OH is 1. The largest absolute Gasteiger partial charge is 0.393 e. The van der Waals surface area contributed by atoms with Crippen LogP contribution in [0.25, 0.3) is 16.6 Å². The summed E-state index contributed by atoms with van der Waals surface area (Å²) in [6, 6.07) is 22.1. The van der Waals surface area contributed by atoms with Crippen LogP contribution in [0.5, 0.6) is 0 Å². The summed E-state index contributed by atoms with van der Waals surface area (Å²) >= 11 is 0. The van der Waals surface area contributed by atoms with Gasteiger partial charge in [0.15, 0.2) is 5.69 Å². The van der Waals surface area contributed by atoms with Gasteiger partial charge in [0.05, 0.1) is 23.5 Å². The number of carbonyl (C=O) groups is 2. The molecule has 0 aliphatic carbocycles. The molecule has 1 aliphatic rings. The van der Waals surface area contributed by atoms with Crippen LogP contribution in [-0.2, 0) is 0 Å². The summed E-state index contributed by atoms with van der Waals surface area (Å²) in [5, 5.41) is 24.6. The Bertz CT molecular complexity index is 1660. The normalized spacial score (nSPS) is 13.9. The first-order valence-electron chi connectivity index (χ1n) is 13.1. The third-order valence-corrected chi connectivity index (χ3v) is 7.02. The highest BCUT2D eigenvalue weighted by molar-refractivity contribution is 6.05. The van der Waals surface area contributed by atoms with Crippen molar-refractivity contribution >= 4 is 39.8 Å². The molecule has 40 heavy (non-hydrogen) atoms. The predicted octanol–water partition coefficient (Wildman–Crippen LogP) is 4.79. The van der Waals surface area contributed by atoms with E-state index in [-0.39, 0.29) is 23.6 Å². The number of carbonyl (C=O) groups excluding carboxylic acids is 2. The number of aromatic nitrogens is 3. The fraction of sp³-hybridized carbons (Fsp3) is 0.200. The molecule has 1 saturated heterocycles. The van der Waals surface area contributed by atoms with Crippen molar-refractivity contribution in [2.45, 2.75) is 25.9 Å². The third-order valence-electron chi connectivity index (χ3n) is 7.02. The summed E-state index contributed by atoms with van der Waals surface area (Å²) in [7, 11) is 0. The molecule has 0 atom stereocenters. The smallest absolute Gasteiger partial charge is 0.277 e. The van der Waals surface area contributed by atoms with Gasteiger partial charge in [0.1, 0.15) is 5.76 Å². The average molecular weight is 537 g/mol. The molecule has 0 bridgehead atoms. The van der Waals surface area contributed by atoms with Gasteiger partial charge in [-0.15, -0.1) is 0 Å². The van der Waals surface area contributed by atoms with Gasteiger partial charge in [0.2, 0.25) is 0 Å². The second-order valence-corrected chi connectivity index (χ2v) is 9.87. The fourth-order valence-corrected chi connectivity index (χ4v) is 4.82. The molecule has 3 heterocycles. The van der Waals surface area contributed by atoms with E-state index in [1.807, 2.05) is 54.6 Å². The summed E-state index contributed by atoms with van der Waals surface area (Å²) in [6.45, 7) is 3.35. The van der Waals surface area contributed by atoms with Gasteiger partial charge in [-0.3, -0.25) is 9.59 Å². The van der Waals surface area contributed by atoms with Gasteiger partial charge in [0, 0.05) is 47.2 Å². The maximum Gasteiger partial charge on any atom is 0.277 e. The molecule has 3 N–H and O–H groups in total. The molecular weight excluding hydrogens is 508 g/mol. The summed E-state index contributed by atoms with van der Waals surface area (Å²) in [5.41, 5.74) is 4.85. The van der Waals surface area contributed by atoms with Crippen molar-refractivity contribution in [3.63, 3.8) is 0 Å². The summed E-state index contributed by atoms with van der Waals surface area (Å²) in [4.78, 5) is 27.4. The van der Waals surface area contributed by atoms with Crippen molar-refractivity contribution in [3.8, 4) is 5.69 Å². The van der Waals surface area contributed by atoms with Gasteiger partial charge >= 0.3 is 0 Å². The highest BCUT2D eigenvalue weighted by Gasteiger charge is 2.18. The Morgan fingerprint density at radius 1 is 0.875 bits per heavy atom. The van der Waals surface area contributed by atoms with Gasteiger partial charge in [-0.2, -0.15) is 5.10 Å². The monoisotopic (exact) mass is 536 g/mol. The second kappa shape index (κ2) is 10.7. The molecule has 10 nitrogen and oxygen atoms in total. The zero-order chi connectivity index (χ0) is 27.6. The van der Waals surface area contributed by atoms with E-state index in [4.69, 9.17) is 4.52 Å². The zero-order valence-electron chi connectivity index (χ0n) is 21.9. The first-order valence-corrected chi connectivity index (χ1v) is 13.1. The number of amides is 2. The van der Waals surface area contributed by atoms with Crippen LogP contribution < -0.4 is 15.5 Å². The third kappa shape index (κ3) is 5.29. The van der Waals surface area contributed by atoms with Gasteiger partial charge < -0.3 is 25.2 Å². The topological polar surface area (TPSA) is 126 Å². The number of aliphatic hydroxyl groups is 1. The van der Waals surface area contributed by atoms with E-state index < -0.39 is 0 Å². The van der Waals surface area contributed by atoms with E-state index in [0.717, 1.165) is 48.2 Å². The summed E-state index contributed by atoms with van der Waals surface area (Å²) in [6.07, 6.45) is 3.05. The second-order valence-electron chi connectivity index (χ2n) is 9.87. The van der Waals surface area contributed by atoms with Crippen LogP contribution in [0.3, 0.4) is 0 Å². The average Bonchev–Trinajstić information content (AvgIpc) is 3.60. The quantitative estimate of drug-likeness (QED) is 0.285. The van der Waals surface area contributed by atoms with Crippen molar-refractivity contribution in [1.29, 1.82) is 0 Å². The standard InChI is InChI=1S/C30H28N6O4/c1-19-16-27(34-40-19)30(39)32-22-4-9-25(10-5-22)36-28-11-6-23(17-21(28)18-31-36)33-29(38)20-2-7-24(8-3-20)35-14-12-26(37)13-15-35/h2-11,16-18,26,37H,12-15H2,1H3,(H,32,39)(H,33,38). The molecule has 10 heteroatoms. The number of nitrogens with zero attached hydrogens (tertiary/aromatic N) is 4. The van der Waals surface area contributed by atoms with E-state index in [1.54, 1.807) is 36.0 Å². The van der Waals surface area contributed by atoms with Crippen molar-refractivity contribution < 1.29 is 19.2 Å². The van der Waals surface area contributed by atoms with Crippen LogP contribution in [-0.4, -0.2) is 51.1 Å². The van der Waals surface area contributed by atoms with Crippen LogP contribution >= 0.6 is 0 Å². The SMILES string of the molecule is Cc1cc(C(=O)Nc2ccc(-n3ncc4cc(NC(=O)c5ccc(N6CCC(O)CC6)cc5)ccc43)cc2)no1. The minimum absolute atomic E-state index is 0.189. The zero-order valence-corrected chi connectivity index (χ0v) is 21.9. The summed E-state index contributed by atoms with van der Waals surface area (Å²) < 4.78 is 6.76. The Hall–Kier alpha value is -4.96. The maximum absolute atomic E-state index is 12.9. The Morgan fingerprint density at radius 2 is 1.55 bits per heavy atom. The van der Waals surface area contributed by atoms with E-state index in [0.29, 0.717) is 22.7 Å². The molecule has 2 aromatic heterocycles. The lowest BCUT2D eigenvalue weighted by Crippen LogP contribution is -2.35. The summed E-state index contributed by atoms with van der Waals surface area (Å²) in [5.74, 6) is 0.0339. The fourth-order valence-electron chi connectivity index (χ4n) is 4.82. The Balaban J connectivity index is 1.11. The van der Waals surface area contributed by atoms with Gasteiger partial charge in [-0.1, -0.05) is 5.16 Å². The number of rotatable bonds is 6. The minimum atomic E-state index is -0.345. The number of piperidine rings is 1. The van der Waals surface area contributed by atoms with E-state index in [2.05, 4.69) is 25.8 Å². The number of fused-ring (bicyclic) bond motifs is 1. The number of benzene rings is 3. The Kier molecular flexibility index (Phi) is 6.75. The molecule has 1 fully saturated rings. The molecule has 202 valence electrons. The highest BCUT2D eigenvalue weighted by Crippen LogP contribution is 2.25. The van der Waals surface area contributed by atoms with Crippen molar-refractivity contribution in [3.05, 3.63) is 96.0 Å². The predicted molar refractivity (Wildman–Crippen MR) is 152 cm³/mol. The maximum atomic E-state index is 12.9. The lowest BCUT2D eigenvalue weighted by molar-refractivity contribution is 0.101. The molecule has 1 aliphatic heterocycles. The molecule has 0 saturated carbocycles. The molecule has 0 spiro atoms. The lowest BCUT2D eigenvalue weighted by Gasteiger charge is -2.31. The van der Waals surface area contributed by atoms with Gasteiger partial charge in [-0.25, -0.2) is 4.68 Å². The van der Waals surface area contributed by atoms with Crippen LogP contribution in [0.4, 0.5) is 17.1 Å². The highest BCUT2D eigenvalue weighted by atomic mass is 16.5. The van der Waals surface area contributed by atoms with Crippen LogP contribution in [0.15, 0.2) is 83.5 Å². The molecule has 3 aromatic carbocycles. The van der Waals surface area contributed by atoms with Crippen molar-refractivity contribution in [1.82, 2.24) is 14.9 Å². The van der Waals surface area contributed by atoms with E-state index in [9.17, 15) is 14.7 Å². The van der Waals surface area contributed by atoms with Crippen LogP contribution in [0.2, 0.25) is 0 Å². The van der Waals surface area contributed by atoms with E-state index in [1.165, 1.54) is 0 Å². The molecular formula is C30H28N6O4. The first kappa shape index (κ1) is 25.3. The van der Waals surface area contributed by atoms with Gasteiger partial charge in [0.25, 0.3) is 11.8 Å². The van der Waals surface area contributed by atoms with Crippen LogP contribution in [0, 0.1) is 6.92 Å². The number of hydrogen-bond donors (Lipinski definition) is 3. The van der Waals surface area contributed by atoms with Crippen LogP contribution in [0.1, 0.15) is 39.4 Å². The first-order chi connectivity index (χ1) is 19.4. The molecule has 6 rings (SSSR count). The van der Waals surface area contributed by atoms with Crippen molar-refractivity contribution in [2.24, 2.45) is 0 Å². The Labute approximate surface area is 230 Å². The molecule has 5 aromatic rings.